The van der Waals surface area contributed by atoms with E-state index in [0.717, 1.165) is 4.47 Å². The molecule has 0 saturated heterocycles. The van der Waals surface area contributed by atoms with Crippen LogP contribution in [0.5, 0.6) is 17.2 Å². The third-order valence-corrected chi connectivity index (χ3v) is 3.61. The van der Waals surface area contributed by atoms with E-state index in [0.29, 0.717) is 48.5 Å². The van der Waals surface area contributed by atoms with Crippen LogP contribution in [0.4, 0.5) is 5.82 Å². The smallest absolute Gasteiger partial charge is 0.257 e. The number of ether oxygens (including phenoxy) is 3. The van der Waals surface area contributed by atoms with Gasteiger partial charge in [0.2, 0.25) is 5.75 Å². The van der Waals surface area contributed by atoms with E-state index in [1.807, 2.05) is 20.8 Å². The Labute approximate surface area is 155 Å². The summed E-state index contributed by atoms with van der Waals surface area (Å²) in [4.78, 5) is 16.7. The molecule has 0 aliphatic rings. The van der Waals surface area contributed by atoms with Crippen LogP contribution in [0.3, 0.4) is 0 Å². The zero-order valence-electron chi connectivity index (χ0n) is 14.5. The highest BCUT2D eigenvalue weighted by Gasteiger charge is 2.18. The summed E-state index contributed by atoms with van der Waals surface area (Å²) in [5.41, 5.74) is 0.403. The highest BCUT2D eigenvalue weighted by Crippen LogP contribution is 2.39. The van der Waals surface area contributed by atoms with E-state index in [2.05, 4.69) is 26.2 Å². The molecule has 7 heteroatoms. The topological polar surface area (TPSA) is 69.7 Å². The maximum atomic E-state index is 12.6. The Morgan fingerprint density at radius 2 is 1.64 bits per heavy atom. The predicted octanol–water partition coefficient (Wildman–Crippen LogP) is 4.29. The van der Waals surface area contributed by atoms with Gasteiger partial charge in [-0.3, -0.25) is 4.79 Å². The van der Waals surface area contributed by atoms with Crippen molar-refractivity contribution in [1.82, 2.24) is 4.98 Å². The van der Waals surface area contributed by atoms with Crippen molar-refractivity contribution in [2.45, 2.75) is 20.8 Å². The molecule has 2 aromatic rings. The summed E-state index contributed by atoms with van der Waals surface area (Å²) in [6, 6.07) is 6.80. The van der Waals surface area contributed by atoms with E-state index in [4.69, 9.17) is 14.2 Å². The molecule has 0 bridgehead atoms. The molecule has 1 aromatic carbocycles. The van der Waals surface area contributed by atoms with E-state index >= 15 is 0 Å². The second-order valence-electron chi connectivity index (χ2n) is 4.92. The SMILES string of the molecule is CCOc1cc(C(=O)Nc2ccc(Br)cn2)cc(OCC)c1OCC. The highest BCUT2D eigenvalue weighted by atomic mass is 79.9. The largest absolute Gasteiger partial charge is 0.490 e. The minimum absolute atomic E-state index is 0.306. The third kappa shape index (κ3) is 5.09. The number of benzene rings is 1. The first-order valence-corrected chi connectivity index (χ1v) is 8.87. The van der Waals surface area contributed by atoms with Crippen molar-refractivity contribution in [3.05, 3.63) is 40.5 Å². The maximum Gasteiger partial charge on any atom is 0.257 e. The quantitative estimate of drug-likeness (QED) is 0.705. The molecule has 1 aromatic heterocycles. The third-order valence-electron chi connectivity index (χ3n) is 3.14. The number of carbonyl (C=O) groups is 1. The zero-order chi connectivity index (χ0) is 18.2. The monoisotopic (exact) mass is 408 g/mol. The van der Waals surface area contributed by atoms with Gasteiger partial charge in [-0.25, -0.2) is 4.98 Å². The van der Waals surface area contributed by atoms with Gasteiger partial charge >= 0.3 is 0 Å². The minimum Gasteiger partial charge on any atom is -0.490 e. The van der Waals surface area contributed by atoms with Crippen LogP contribution in [0.25, 0.3) is 0 Å². The average molecular weight is 409 g/mol. The second-order valence-corrected chi connectivity index (χ2v) is 5.83. The lowest BCUT2D eigenvalue weighted by molar-refractivity contribution is 0.102. The molecule has 0 saturated carbocycles. The van der Waals surface area contributed by atoms with Gasteiger partial charge in [0, 0.05) is 16.2 Å². The summed E-state index contributed by atoms with van der Waals surface area (Å²) in [5, 5.41) is 2.75. The van der Waals surface area contributed by atoms with Crippen LogP contribution in [0.15, 0.2) is 34.9 Å². The van der Waals surface area contributed by atoms with Crippen LogP contribution in [0.2, 0.25) is 0 Å². The Morgan fingerprint density at radius 1 is 1.04 bits per heavy atom. The van der Waals surface area contributed by atoms with Gasteiger partial charge < -0.3 is 19.5 Å². The predicted molar refractivity (Wildman–Crippen MR) is 99.8 cm³/mol. The number of aromatic nitrogens is 1. The fraction of sp³-hybridized carbons (Fsp3) is 0.333. The number of hydrogen-bond acceptors (Lipinski definition) is 5. The normalized spacial score (nSPS) is 10.2. The molecule has 0 aliphatic carbocycles. The molecule has 0 unspecified atom stereocenters. The van der Waals surface area contributed by atoms with Crippen LogP contribution >= 0.6 is 15.9 Å². The number of hydrogen-bond donors (Lipinski definition) is 1. The van der Waals surface area contributed by atoms with Gasteiger partial charge in [-0.05, 0) is 61.0 Å². The van der Waals surface area contributed by atoms with Crippen LogP contribution in [0.1, 0.15) is 31.1 Å². The van der Waals surface area contributed by atoms with Crippen molar-refractivity contribution in [2.24, 2.45) is 0 Å². The molecule has 0 aliphatic heterocycles. The number of anilines is 1. The molecule has 2 rings (SSSR count). The van der Waals surface area contributed by atoms with Gasteiger partial charge in [-0.15, -0.1) is 0 Å². The molecule has 134 valence electrons. The standard InChI is InChI=1S/C18H21BrN2O4/c1-4-23-14-9-12(10-15(24-5-2)17(14)25-6-3)18(22)21-16-8-7-13(19)11-20-16/h7-11H,4-6H2,1-3H3,(H,20,21,22). The summed E-state index contributed by atoms with van der Waals surface area (Å²) in [6.45, 7) is 6.98. The Hall–Kier alpha value is -2.28. The number of amides is 1. The lowest BCUT2D eigenvalue weighted by Crippen LogP contribution is -2.14. The summed E-state index contributed by atoms with van der Waals surface area (Å²) in [6.07, 6.45) is 1.62. The number of carbonyl (C=O) groups excluding carboxylic acids is 1. The van der Waals surface area contributed by atoms with Crippen LogP contribution in [-0.2, 0) is 0 Å². The number of pyridine rings is 1. The molecule has 0 fully saturated rings. The van der Waals surface area contributed by atoms with Gasteiger partial charge in [-0.1, -0.05) is 0 Å². The fourth-order valence-corrected chi connectivity index (χ4v) is 2.39. The Bertz CT molecular complexity index is 693. The van der Waals surface area contributed by atoms with Gasteiger partial charge in [0.05, 0.1) is 19.8 Å². The lowest BCUT2D eigenvalue weighted by Gasteiger charge is -2.17. The molecule has 0 radical (unpaired) electrons. The first-order chi connectivity index (χ1) is 12.1. The fourth-order valence-electron chi connectivity index (χ4n) is 2.16. The minimum atomic E-state index is -0.306. The average Bonchev–Trinajstić information content (AvgIpc) is 2.60. The second kappa shape index (κ2) is 9.27. The number of halogens is 1. The van der Waals surface area contributed by atoms with E-state index in [1.54, 1.807) is 30.5 Å². The first kappa shape index (κ1) is 19.1. The van der Waals surface area contributed by atoms with E-state index in [9.17, 15) is 4.79 Å². The number of nitrogens with one attached hydrogen (secondary N) is 1. The summed E-state index contributed by atoms with van der Waals surface area (Å²) >= 11 is 3.31. The zero-order valence-corrected chi connectivity index (χ0v) is 16.1. The van der Waals surface area contributed by atoms with Crippen molar-refractivity contribution in [3.63, 3.8) is 0 Å². The van der Waals surface area contributed by atoms with Crippen molar-refractivity contribution >= 4 is 27.7 Å². The van der Waals surface area contributed by atoms with E-state index in [-0.39, 0.29) is 5.91 Å². The molecular formula is C18H21BrN2O4. The van der Waals surface area contributed by atoms with Crippen molar-refractivity contribution in [2.75, 3.05) is 25.1 Å². The van der Waals surface area contributed by atoms with Crippen LogP contribution < -0.4 is 19.5 Å². The Morgan fingerprint density at radius 3 is 2.12 bits per heavy atom. The maximum absolute atomic E-state index is 12.6. The number of nitrogens with zero attached hydrogens (tertiary/aromatic N) is 1. The molecular weight excluding hydrogens is 388 g/mol. The molecule has 6 nitrogen and oxygen atoms in total. The van der Waals surface area contributed by atoms with Crippen LogP contribution in [0, 0.1) is 0 Å². The molecule has 0 atom stereocenters. The van der Waals surface area contributed by atoms with Crippen molar-refractivity contribution in [1.29, 1.82) is 0 Å². The first-order valence-electron chi connectivity index (χ1n) is 8.08. The number of rotatable bonds is 8. The lowest BCUT2D eigenvalue weighted by atomic mass is 10.1. The van der Waals surface area contributed by atoms with Crippen LogP contribution in [-0.4, -0.2) is 30.7 Å². The van der Waals surface area contributed by atoms with Crippen molar-refractivity contribution < 1.29 is 19.0 Å². The molecule has 1 heterocycles. The van der Waals surface area contributed by atoms with Gasteiger partial charge in [-0.2, -0.15) is 0 Å². The van der Waals surface area contributed by atoms with Gasteiger partial charge in [0.15, 0.2) is 11.5 Å². The summed E-state index contributed by atoms with van der Waals surface area (Å²) < 4.78 is 17.7. The highest BCUT2D eigenvalue weighted by molar-refractivity contribution is 9.10. The molecule has 1 amide bonds. The van der Waals surface area contributed by atoms with E-state index in [1.165, 1.54) is 0 Å². The van der Waals surface area contributed by atoms with Crippen molar-refractivity contribution in [3.8, 4) is 17.2 Å². The molecule has 0 spiro atoms. The van der Waals surface area contributed by atoms with Gasteiger partial charge in [0.1, 0.15) is 5.82 Å². The molecule has 25 heavy (non-hydrogen) atoms. The van der Waals surface area contributed by atoms with Gasteiger partial charge in [0.25, 0.3) is 5.91 Å². The molecule has 1 N–H and O–H groups in total. The summed E-state index contributed by atoms with van der Waals surface area (Å²) in [5.74, 6) is 1.61. The summed E-state index contributed by atoms with van der Waals surface area (Å²) in [7, 11) is 0. The Kier molecular flexibility index (Phi) is 7.06. The Balaban J connectivity index is 2.34. The van der Waals surface area contributed by atoms with E-state index < -0.39 is 0 Å².